The van der Waals surface area contributed by atoms with Crippen LogP contribution in [0.2, 0.25) is 0 Å². The number of nitrogen functional groups attached to an aromatic ring is 1. The molecule has 6 heteroatoms. The van der Waals surface area contributed by atoms with Gasteiger partial charge in [0.25, 0.3) is 0 Å². The van der Waals surface area contributed by atoms with E-state index in [1.807, 2.05) is 0 Å². The van der Waals surface area contributed by atoms with Crippen molar-refractivity contribution in [1.29, 1.82) is 0 Å². The number of nitrogens with one attached hydrogen (secondary N) is 2. The normalized spacial score (nSPS) is 9.95. The van der Waals surface area contributed by atoms with E-state index >= 15 is 0 Å². The lowest BCUT2D eigenvalue weighted by Gasteiger charge is -2.05. The number of carbonyl (C=O) groups excluding carboxylic acids is 2. The van der Waals surface area contributed by atoms with Crippen LogP contribution in [-0.4, -0.2) is 23.3 Å². The average molecular weight is 264 g/mol. The second-order valence-corrected chi connectivity index (χ2v) is 4.31. The van der Waals surface area contributed by atoms with E-state index in [4.69, 9.17) is 5.73 Å². The molecule has 6 nitrogen and oxygen atoms in total. The Balaban J connectivity index is 2.11. The summed E-state index contributed by atoms with van der Waals surface area (Å²) in [7, 11) is 0. The highest BCUT2D eigenvalue weighted by atomic mass is 16.2. The van der Waals surface area contributed by atoms with Gasteiger partial charge in [0, 0.05) is 19.9 Å². The summed E-state index contributed by atoms with van der Waals surface area (Å²) < 4.78 is 0. The van der Waals surface area contributed by atoms with E-state index in [-0.39, 0.29) is 11.8 Å². The number of pyridine rings is 1. The fourth-order valence-electron chi connectivity index (χ4n) is 1.55. The van der Waals surface area contributed by atoms with E-state index in [1.54, 1.807) is 12.1 Å². The highest BCUT2D eigenvalue weighted by Crippen LogP contribution is 2.08. The summed E-state index contributed by atoms with van der Waals surface area (Å²) in [5.74, 6) is 0.371. The van der Waals surface area contributed by atoms with Gasteiger partial charge in [0.1, 0.15) is 5.82 Å². The van der Waals surface area contributed by atoms with E-state index < -0.39 is 0 Å². The van der Waals surface area contributed by atoms with E-state index in [0.717, 1.165) is 19.3 Å². The van der Waals surface area contributed by atoms with Crippen LogP contribution in [0.5, 0.6) is 0 Å². The lowest BCUT2D eigenvalue weighted by molar-refractivity contribution is -0.119. The Bertz CT molecular complexity index is 417. The number of amides is 2. The Morgan fingerprint density at radius 1 is 1.26 bits per heavy atom. The van der Waals surface area contributed by atoms with E-state index in [9.17, 15) is 9.59 Å². The fourth-order valence-corrected chi connectivity index (χ4v) is 1.55. The van der Waals surface area contributed by atoms with Crippen LogP contribution in [0.15, 0.2) is 18.3 Å². The molecule has 1 aromatic rings. The Morgan fingerprint density at radius 3 is 2.68 bits per heavy atom. The van der Waals surface area contributed by atoms with Crippen LogP contribution in [-0.2, 0) is 9.59 Å². The van der Waals surface area contributed by atoms with Crippen LogP contribution in [0.3, 0.4) is 0 Å². The Labute approximate surface area is 112 Å². The Morgan fingerprint density at radius 2 is 2.05 bits per heavy atom. The number of anilines is 2. The summed E-state index contributed by atoms with van der Waals surface area (Å²) in [4.78, 5) is 26.1. The molecule has 1 aromatic heterocycles. The van der Waals surface area contributed by atoms with Crippen LogP contribution in [0, 0.1) is 0 Å². The van der Waals surface area contributed by atoms with Crippen molar-refractivity contribution in [2.24, 2.45) is 0 Å². The van der Waals surface area contributed by atoms with Crippen molar-refractivity contribution in [3.8, 4) is 0 Å². The van der Waals surface area contributed by atoms with Gasteiger partial charge in [-0.3, -0.25) is 9.59 Å². The van der Waals surface area contributed by atoms with Gasteiger partial charge in [0.2, 0.25) is 11.8 Å². The van der Waals surface area contributed by atoms with Gasteiger partial charge < -0.3 is 16.4 Å². The van der Waals surface area contributed by atoms with Crippen molar-refractivity contribution in [3.05, 3.63) is 18.3 Å². The summed E-state index contributed by atoms with van der Waals surface area (Å²) in [6.45, 7) is 2.16. The molecule has 0 aromatic carbocycles. The molecule has 0 unspecified atom stereocenters. The van der Waals surface area contributed by atoms with Gasteiger partial charge >= 0.3 is 0 Å². The lowest BCUT2D eigenvalue weighted by atomic mass is 10.2. The van der Waals surface area contributed by atoms with Crippen LogP contribution in [0.4, 0.5) is 11.5 Å². The molecule has 0 aliphatic heterocycles. The maximum atomic E-state index is 11.6. The molecule has 104 valence electrons. The molecule has 0 saturated carbocycles. The topological polar surface area (TPSA) is 97.1 Å². The molecule has 1 heterocycles. The standard InChI is InChI=1S/C13H20N4O2/c1-10(18)15-8-4-2-3-5-13(19)17-11-6-7-12(14)16-9-11/h6-7,9H,2-5,8H2,1H3,(H2,14,16)(H,15,18)(H,17,19). The summed E-state index contributed by atoms with van der Waals surface area (Å²) >= 11 is 0. The van der Waals surface area contributed by atoms with Crippen molar-refractivity contribution in [3.63, 3.8) is 0 Å². The van der Waals surface area contributed by atoms with Gasteiger partial charge in [-0.25, -0.2) is 4.98 Å². The number of hydrogen-bond acceptors (Lipinski definition) is 4. The molecule has 2 amide bonds. The minimum Gasteiger partial charge on any atom is -0.384 e. The van der Waals surface area contributed by atoms with Gasteiger partial charge in [-0.1, -0.05) is 6.42 Å². The predicted molar refractivity (Wildman–Crippen MR) is 74.4 cm³/mol. The van der Waals surface area contributed by atoms with E-state index in [0.29, 0.717) is 24.5 Å². The van der Waals surface area contributed by atoms with Crippen LogP contribution >= 0.6 is 0 Å². The third-order valence-electron chi connectivity index (χ3n) is 2.52. The second kappa shape index (κ2) is 8.07. The molecule has 0 radical (unpaired) electrons. The zero-order valence-corrected chi connectivity index (χ0v) is 11.1. The smallest absolute Gasteiger partial charge is 0.224 e. The van der Waals surface area contributed by atoms with Crippen molar-refractivity contribution >= 4 is 23.3 Å². The molecule has 0 fully saturated rings. The summed E-state index contributed by atoms with van der Waals surface area (Å²) in [5.41, 5.74) is 6.10. The van der Waals surface area contributed by atoms with Gasteiger partial charge in [-0.15, -0.1) is 0 Å². The number of nitrogens with zero attached hydrogens (tertiary/aromatic N) is 1. The first-order valence-electron chi connectivity index (χ1n) is 6.34. The van der Waals surface area contributed by atoms with Crippen LogP contribution < -0.4 is 16.4 Å². The largest absolute Gasteiger partial charge is 0.384 e. The molecule has 0 aliphatic rings. The van der Waals surface area contributed by atoms with Gasteiger partial charge in [0.15, 0.2) is 0 Å². The third kappa shape index (κ3) is 7.03. The number of rotatable bonds is 7. The number of nitrogens with two attached hydrogens (primary N) is 1. The third-order valence-corrected chi connectivity index (χ3v) is 2.52. The van der Waals surface area contributed by atoms with E-state index in [1.165, 1.54) is 13.1 Å². The molecule has 1 rings (SSSR count). The summed E-state index contributed by atoms with van der Waals surface area (Å²) in [6.07, 6.45) is 4.59. The molecule has 0 aliphatic carbocycles. The highest BCUT2D eigenvalue weighted by molar-refractivity contribution is 5.90. The Kier molecular flexibility index (Phi) is 6.35. The number of unbranched alkanes of at least 4 members (excludes halogenated alkanes) is 2. The van der Waals surface area contributed by atoms with Crippen molar-refractivity contribution in [1.82, 2.24) is 10.3 Å². The van der Waals surface area contributed by atoms with Crippen molar-refractivity contribution in [2.75, 3.05) is 17.6 Å². The molecule has 4 N–H and O–H groups in total. The van der Waals surface area contributed by atoms with Crippen LogP contribution in [0.25, 0.3) is 0 Å². The molecule has 0 spiro atoms. The molecule has 0 atom stereocenters. The minimum absolute atomic E-state index is 0.0198. The molecular formula is C13H20N4O2. The number of aromatic nitrogens is 1. The second-order valence-electron chi connectivity index (χ2n) is 4.31. The van der Waals surface area contributed by atoms with Gasteiger partial charge in [0.05, 0.1) is 11.9 Å². The maximum absolute atomic E-state index is 11.6. The Hall–Kier alpha value is -2.11. The zero-order valence-electron chi connectivity index (χ0n) is 11.1. The summed E-state index contributed by atoms with van der Waals surface area (Å²) in [5, 5.41) is 5.47. The monoisotopic (exact) mass is 264 g/mol. The van der Waals surface area contributed by atoms with Gasteiger partial charge in [-0.2, -0.15) is 0 Å². The van der Waals surface area contributed by atoms with Crippen molar-refractivity contribution < 1.29 is 9.59 Å². The average Bonchev–Trinajstić information content (AvgIpc) is 2.36. The fraction of sp³-hybridized carbons (Fsp3) is 0.462. The summed E-state index contributed by atoms with van der Waals surface area (Å²) in [6, 6.07) is 3.36. The minimum atomic E-state index is -0.0360. The maximum Gasteiger partial charge on any atom is 0.224 e. The van der Waals surface area contributed by atoms with Gasteiger partial charge in [-0.05, 0) is 25.0 Å². The molecule has 0 saturated heterocycles. The molecular weight excluding hydrogens is 244 g/mol. The SMILES string of the molecule is CC(=O)NCCCCCC(=O)Nc1ccc(N)nc1. The molecule has 0 bridgehead atoms. The zero-order chi connectivity index (χ0) is 14.1. The number of carbonyl (C=O) groups is 2. The van der Waals surface area contributed by atoms with Crippen molar-refractivity contribution in [2.45, 2.75) is 32.6 Å². The van der Waals surface area contributed by atoms with E-state index in [2.05, 4.69) is 15.6 Å². The first-order valence-corrected chi connectivity index (χ1v) is 6.34. The lowest BCUT2D eigenvalue weighted by Crippen LogP contribution is -2.20. The first kappa shape index (κ1) is 14.9. The van der Waals surface area contributed by atoms with Crippen LogP contribution in [0.1, 0.15) is 32.6 Å². The predicted octanol–water partition coefficient (Wildman–Crippen LogP) is 1.30. The quantitative estimate of drug-likeness (QED) is 0.646. The number of hydrogen-bond donors (Lipinski definition) is 3. The first-order chi connectivity index (χ1) is 9.08. The molecule has 19 heavy (non-hydrogen) atoms. The highest BCUT2D eigenvalue weighted by Gasteiger charge is 2.02.